The highest BCUT2D eigenvalue weighted by atomic mass is 32.2. The lowest BCUT2D eigenvalue weighted by Crippen LogP contribution is -1.88. The summed E-state index contributed by atoms with van der Waals surface area (Å²) in [5.74, 6) is 2.07. The lowest BCUT2D eigenvalue weighted by molar-refractivity contribution is 1.19. The summed E-state index contributed by atoms with van der Waals surface area (Å²) in [4.78, 5) is 59.2. The minimum absolute atomic E-state index is 0.518. The molecule has 0 spiro atoms. The van der Waals surface area contributed by atoms with Crippen LogP contribution in [-0.2, 0) is 0 Å². The maximum Gasteiger partial charge on any atom is 0.164 e. The van der Waals surface area contributed by atoms with E-state index in [1.54, 1.807) is 94.1 Å². The Morgan fingerprint density at radius 3 is 0.500 bits per heavy atom. The quantitative estimate of drug-likeness (QED) is 0.0958. The van der Waals surface area contributed by atoms with E-state index < -0.39 is 0 Å². The average Bonchev–Trinajstić information content (AvgIpc) is 1.61. The molecule has 17 rings (SSSR count). The van der Waals surface area contributed by atoms with Crippen LogP contribution in [0.5, 0.6) is 0 Å². The fourth-order valence-electron chi connectivity index (χ4n) is 11.4. The molecule has 0 fully saturated rings. The molecule has 0 saturated carbocycles. The second-order valence-electron chi connectivity index (χ2n) is 22.3. The van der Waals surface area contributed by atoms with Gasteiger partial charge < -0.3 is 9.97 Å². The molecule has 12 aromatic carbocycles. The summed E-state index contributed by atoms with van der Waals surface area (Å²) >= 11 is 13.8. The van der Waals surface area contributed by atoms with Gasteiger partial charge in [0.1, 0.15) is 22.6 Å². The van der Waals surface area contributed by atoms with Gasteiger partial charge in [0.2, 0.25) is 0 Å². The molecule has 16 heteroatoms. The summed E-state index contributed by atoms with van der Waals surface area (Å²) in [6, 6.07) is 103. The van der Waals surface area contributed by atoms with E-state index in [-0.39, 0.29) is 0 Å². The molecular weight excluding hydrogens is 1330 g/mol. The molecule has 96 heavy (non-hydrogen) atoms. The van der Waals surface area contributed by atoms with Crippen LogP contribution >= 0.6 is 94.1 Å². The predicted molar refractivity (Wildman–Crippen MR) is 401 cm³/mol. The van der Waals surface area contributed by atoms with E-state index in [9.17, 15) is 0 Å². The predicted octanol–water partition coefficient (Wildman–Crippen LogP) is 24.1. The molecule has 5 heterocycles. The molecular formula is C80H50N8S8. The summed E-state index contributed by atoms with van der Waals surface area (Å²) < 4.78 is 0. The van der Waals surface area contributed by atoms with Crippen molar-refractivity contribution in [2.24, 2.45) is 0 Å². The molecule has 8 bridgehead atoms. The van der Waals surface area contributed by atoms with Crippen LogP contribution in [0.25, 0.3) is 89.7 Å². The monoisotopic (exact) mass is 1380 g/mol. The number of aromatic nitrogens is 8. The molecule has 0 saturated heterocycles. The lowest BCUT2D eigenvalue weighted by Gasteiger charge is -2.12. The van der Waals surface area contributed by atoms with Gasteiger partial charge in [0.15, 0.2) is 23.3 Å². The molecule has 0 aliphatic carbocycles. The summed E-state index contributed by atoms with van der Waals surface area (Å²) in [5.41, 5.74) is 5.84. The third kappa shape index (κ3) is 12.9. The summed E-state index contributed by atoms with van der Waals surface area (Å²) in [6.45, 7) is 0. The van der Waals surface area contributed by atoms with Crippen molar-refractivity contribution >= 4 is 138 Å². The third-order valence-electron chi connectivity index (χ3n) is 15.9. The van der Waals surface area contributed by atoms with Crippen molar-refractivity contribution in [1.29, 1.82) is 0 Å². The number of hydrogen-bond acceptors (Lipinski definition) is 14. The Bertz CT molecular complexity index is 4900. The largest absolute Gasteiger partial charge is 0.324 e. The summed E-state index contributed by atoms with van der Waals surface area (Å²) in [6.07, 6.45) is 0. The molecule has 3 aromatic heterocycles. The minimum Gasteiger partial charge on any atom is -0.324 e. The average molecular weight is 1380 g/mol. The van der Waals surface area contributed by atoms with Gasteiger partial charge in [0.05, 0.1) is 0 Å². The minimum atomic E-state index is 0.518. The Balaban J connectivity index is 0.987. The van der Waals surface area contributed by atoms with Crippen LogP contribution in [0.2, 0.25) is 0 Å². The molecule has 15 aromatic rings. The third-order valence-corrected chi connectivity index (χ3v) is 24.9. The van der Waals surface area contributed by atoms with Crippen LogP contribution in [0.1, 0.15) is 0 Å². The van der Waals surface area contributed by atoms with Gasteiger partial charge in [-0.25, -0.2) is 29.9 Å². The smallest absolute Gasteiger partial charge is 0.164 e. The van der Waals surface area contributed by atoms with Crippen LogP contribution < -0.4 is 0 Å². The normalized spacial score (nSPS) is 11.7. The van der Waals surface area contributed by atoms with Crippen molar-refractivity contribution in [2.75, 3.05) is 0 Å². The molecule has 2 N–H and O–H groups in total. The van der Waals surface area contributed by atoms with Gasteiger partial charge in [-0.05, 0) is 146 Å². The molecule has 2 aliphatic heterocycles. The van der Waals surface area contributed by atoms with Crippen molar-refractivity contribution in [3.8, 4) is 45.6 Å². The number of aromatic amines is 2. The van der Waals surface area contributed by atoms with Gasteiger partial charge >= 0.3 is 0 Å². The Hall–Kier alpha value is -9.20. The van der Waals surface area contributed by atoms with Crippen LogP contribution in [0.4, 0.5) is 0 Å². The lowest BCUT2D eigenvalue weighted by atomic mass is 10.1. The zero-order chi connectivity index (χ0) is 63.7. The van der Waals surface area contributed by atoms with Gasteiger partial charge in [0.25, 0.3) is 0 Å². The van der Waals surface area contributed by atoms with Crippen LogP contribution in [0.3, 0.4) is 0 Å². The van der Waals surface area contributed by atoms with E-state index >= 15 is 0 Å². The molecule has 0 unspecified atom stereocenters. The first-order valence-corrected chi connectivity index (χ1v) is 37.4. The van der Waals surface area contributed by atoms with Crippen LogP contribution in [0.15, 0.2) is 370 Å². The molecule has 2 aliphatic rings. The Morgan fingerprint density at radius 1 is 0.177 bits per heavy atom. The first-order valence-electron chi connectivity index (χ1n) is 30.9. The molecule has 0 amide bonds. The van der Waals surface area contributed by atoms with Crippen molar-refractivity contribution in [3.63, 3.8) is 0 Å². The molecule has 458 valence electrons. The molecule has 8 nitrogen and oxygen atoms in total. The number of H-pyrrole nitrogens is 2. The van der Waals surface area contributed by atoms with E-state index in [0.29, 0.717) is 45.9 Å². The molecule has 0 radical (unpaired) electrons. The highest BCUT2D eigenvalue weighted by Crippen LogP contribution is 2.50. The van der Waals surface area contributed by atoms with Gasteiger partial charge in [-0.2, -0.15) is 0 Å². The van der Waals surface area contributed by atoms with Gasteiger partial charge in [-0.1, -0.05) is 240 Å². The fourth-order valence-corrected chi connectivity index (χ4v) is 19.4. The second-order valence-corrected chi connectivity index (χ2v) is 31.2. The number of nitrogens with zero attached hydrogens (tertiary/aromatic N) is 6. The highest BCUT2D eigenvalue weighted by Gasteiger charge is 2.28. The Kier molecular flexibility index (Phi) is 17.1. The zero-order valence-electron chi connectivity index (χ0n) is 50.7. The first kappa shape index (κ1) is 60.5. The van der Waals surface area contributed by atoms with Crippen LogP contribution in [-0.4, -0.2) is 39.9 Å². The van der Waals surface area contributed by atoms with Crippen LogP contribution in [0, 0.1) is 0 Å². The van der Waals surface area contributed by atoms with E-state index in [0.717, 1.165) is 122 Å². The van der Waals surface area contributed by atoms with E-state index in [1.165, 1.54) is 0 Å². The van der Waals surface area contributed by atoms with Gasteiger partial charge in [-0.15, -0.1) is 0 Å². The zero-order valence-corrected chi connectivity index (χ0v) is 57.2. The van der Waals surface area contributed by atoms with Crippen molar-refractivity contribution < 1.29 is 0 Å². The van der Waals surface area contributed by atoms with Crippen molar-refractivity contribution in [1.82, 2.24) is 39.9 Å². The maximum absolute atomic E-state index is 5.72. The number of benzene rings is 12. The topological polar surface area (TPSA) is 109 Å². The first-order chi connectivity index (χ1) is 47.5. The van der Waals surface area contributed by atoms with Crippen molar-refractivity contribution in [3.05, 3.63) is 291 Å². The second kappa shape index (κ2) is 27.1. The Labute approximate surface area is 588 Å². The summed E-state index contributed by atoms with van der Waals surface area (Å²) in [5, 5.41) is 3.53. The standard InChI is InChI=1S/C80H50N8S8/c1-9-25-49(26-10-1)89-65-41-57-58(42-66(65)90-50-27-11-2-12-28-50)74-81-73(57)85-75-59-43-67(91-51-29-13-3-14-30-51)68(92-52-31-15-4-16-32-52)44-60(59)77(82-75)87-79-63-47-71(95-55-37-21-7-22-38-55)72(96-56-39-23-8-24-40-56)48-64(63)80(84-79)88-78-62-46-70(94-54-35-19-6-20-36-54)69(45-61(62)76(83-78)86-74)93-53-33-17-5-18-34-53/h1-48H,(H2,81,82,83,84,85,86,87,88). The molecule has 0 atom stereocenters. The number of fused-ring (bicyclic) bond motifs is 20. The SMILES string of the molecule is c1ccc(Sc2cc3c(cc2Sc2ccccc2)-c2nc-3nc3[nH]c(nc4nc(nc5[nH]c(n2)c2cc(Sc6ccccc6)c(Sc6ccccc6)cc52)-c2cc(Sc5ccccc5)c(Sc5ccccc5)cc2-4)c2cc(Sc4ccccc4)c(Sc4ccccc4)cc32)cc1. The number of rotatable bonds is 16. The van der Waals surface area contributed by atoms with Gasteiger partial charge in [-0.3, -0.25) is 0 Å². The number of nitrogens with one attached hydrogen (secondary N) is 2. The summed E-state index contributed by atoms with van der Waals surface area (Å²) in [7, 11) is 0. The van der Waals surface area contributed by atoms with E-state index in [2.05, 4.69) is 301 Å². The van der Waals surface area contributed by atoms with Gasteiger partial charge in [0, 0.05) is 122 Å². The number of hydrogen-bond donors (Lipinski definition) is 2. The van der Waals surface area contributed by atoms with E-state index in [4.69, 9.17) is 29.9 Å². The Morgan fingerprint density at radius 2 is 0.333 bits per heavy atom. The highest BCUT2D eigenvalue weighted by molar-refractivity contribution is 8.03. The maximum atomic E-state index is 5.72. The van der Waals surface area contributed by atoms with E-state index in [1.807, 2.05) is 0 Å². The van der Waals surface area contributed by atoms with Crippen molar-refractivity contribution in [2.45, 2.75) is 78.3 Å². The fraction of sp³-hybridized carbons (Fsp3) is 0.